The minimum Gasteiger partial charge on any atom is -0.480 e. The quantitative estimate of drug-likeness (QED) is 0.846. The van der Waals surface area contributed by atoms with Gasteiger partial charge in [-0.2, -0.15) is 0 Å². The smallest absolute Gasteiger partial charge is 0.321 e. The number of nitrogens with zero attached hydrogens (tertiary/aromatic N) is 1. The van der Waals surface area contributed by atoms with Crippen LogP contribution in [0.2, 0.25) is 0 Å². The molecule has 1 aliphatic rings. The van der Waals surface area contributed by atoms with Gasteiger partial charge in [0.05, 0.1) is 0 Å². The Hall–Kier alpha value is -1.00. The SMILES string of the molecule is O=C(O)[C@H]1CSCN1Cc1ccccc1. The molecule has 3 nitrogen and oxygen atoms in total. The Morgan fingerprint density at radius 2 is 2.20 bits per heavy atom. The van der Waals surface area contributed by atoms with Gasteiger partial charge < -0.3 is 5.11 Å². The molecule has 1 aliphatic heterocycles. The van der Waals surface area contributed by atoms with E-state index in [0.717, 1.165) is 12.4 Å². The molecule has 1 aromatic carbocycles. The highest BCUT2D eigenvalue weighted by molar-refractivity contribution is 7.99. The van der Waals surface area contributed by atoms with Crippen LogP contribution in [-0.4, -0.2) is 33.6 Å². The van der Waals surface area contributed by atoms with Gasteiger partial charge in [0.25, 0.3) is 0 Å². The summed E-state index contributed by atoms with van der Waals surface area (Å²) < 4.78 is 0. The number of carboxylic acids is 1. The van der Waals surface area contributed by atoms with Crippen molar-refractivity contribution in [2.24, 2.45) is 0 Å². The molecule has 1 atom stereocenters. The highest BCUT2D eigenvalue weighted by Gasteiger charge is 2.30. The standard InChI is InChI=1S/C11H13NO2S/c13-11(14)10-7-15-8-12(10)6-9-4-2-1-3-5-9/h1-5,10H,6-8H2,(H,13,14)/t10-/m1/s1. The number of hydrogen-bond acceptors (Lipinski definition) is 3. The summed E-state index contributed by atoms with van der Waals surface area (Å²) in [4.78, 5) is 12.9. The highest BCUT2D eigenvalue weighted by Crippen LogP contribution is 2.22. The van der Waals surface area contributed by atoms with E-state index in [4.69, 9.17) is 5.11 Å². The second-order valence-corrected chi connectivity index (χ2v) is 4.59. The van der Waals surface area contributed by atoms with Crippen LogP contribution in [0.5, 0.6) is 0 Å². The summed E-state index contributed by atoms with van der Waals surface area (Å²) in [7, 11) is 0. The third-order valence-electron chi connectivity index (χ3n) is 2.49. The first-order valence-electron chi connectivity index (χ1n) is 4.86. The maximum Gasteiger partial charge on any atom is 0.321 e. The monoisotopic (exact) mass is 223 g/mol. The number of carbonyl (C=O) groups is 1. The Morgan fingerprint density at radius 3 is 2.87 bits per heavy atom. The second-order valence-electron chi connectivity index (χ2n) is 3.59. The topological polar surface area (TPSA) is 40.5 Å². The lowest BCUT2D eigenvalue weighted by Gasteiger charge is -2.19. The summed E-state index contributed by atoms with van der Waals surface area (Å²) in [6.45, 7) is 0.727. The molecule has 4 heteroatoms. The van der Waals surface area contributed by atoms with Crippen molar-refractivity contribution >= 4 is 17.7 Å². The van der Waals surface area contributed by atoms with Crippen LogP contribution in [-0.2, 0) is 11.3 Å². The number of hydrogen-bond donors (Lipinski definition) is 1. The molecule has 0 aromatic heterocycles. The molecule has 1 N–H and O–H groups in total. The van der Waals surface area contributed by atoms with Crippen molar-refractivity contribution in [1.82, 2.24) is 4.90 Å². The van der Waals surface area contributed by atoms with Gasteiger partial charge in [0, 0.05) is 18.2 Å². The fourth-order valence-corrected chi connectivity index (χ4v) is 2.87. The van der Waals surface area contributed by atoms with E-state index in [2.05, 4.69) is 0 Å². The number of aliphatic carboxylic acids is 1. The van der Waals surface area contributed by atoms with Crippen molar-refractivity contribution in [3.8, 4) is 0 Å². The predicted molar refractivity (Wildman–Crippen MR) is 60.7 cm³/mol. The van der Waals surface area contributed by atoms with Crippen LogP contribution < -0.4 is 0 Å². The minimum absolute atomic E-state index is 0.324. The molecule has 0 unspecified atom stereocenters. The zero-order chi connectivity index (χ0) is 10.7. The first-order chi connectivity index (χ1) is 7.27. The van der Waals surface area contributed by atoms with E-state index < -0.39 is 5.97 Å². The Morgan fingerprint density at radius 1 is 1.47 bits per heavy atom. The summed E-state index contributed by atoms with van der Waals surface area (Å²) in [6, 6.07) is 9.67. The number of thioether (sulfide) groups is 1. The van der Waals surface area contributed by atoms with Crippen LogP contribution in [0.15, 0.2) is 30.3 Å². The Bertz CT molecular complexity index is 342. The van der Waals surface area contributed by atoms with E-state index in [-0.39, 0.29) is 6.04 Å². The van der Waals surface area contributed by atoms with E-state index in [1.807, 2.05) is 35.2 Å². The molecule has 0 bridgehead atoms. The van der Waals surface area contributed by atoms with Crippen molar-refractivity contribution in [3.63, 3.8) is 0 Å². The van der Waals surface area contributed by atoms with Crippen LogP contribution in [0.25, 0.3) is 0 Å². The fraction of sp³-hybridized carbons (Fsp3) is 0.364. The van der Waals surface area contributed by atoms with E-state index in [1.54, 1.807) is 11.8 Å². The third kappa shape index (κ3) is 2.52. The summed E-state index contributed by atoms with van der Waals surface area (Å²) in [5, 5.41) is 9.01. The van der Waals surface area contributed by atoms with Crippen molar-refractivity contribution in [1.29, 1.82) is 0 Å². The maximum absolute atomic E-state index is 10.9. The van der Waals surface area contributed by atoms with E-state index >= 15 is 0 Å². The first-order valence-corrected chi connectivity index (χ1v) is 6.01. The van der Waals surface area contributed by atoms with Crippen molar-refractivity contribution < 1.29 is 9.90 Å². The first kappa shape index (κ1) is 10.5. The largest absolute Gasteiger partial charge is 0.480 e. The van der Waals surface area contributed by atoms with Gasteiger partial charge in [-0.3, -0.25) is 9.69 Å². The van der Waals surface area contributed by atoms with Gasteiger partial charge in [-0.05, 0) is 5.56 Å². The maximum atomic E-state index is 10.9. The fourth-order valence-electron chi connectivity index (χ4n) is 1.68. The van der Waals surface area contributed by atoms with E-state index in [1.165, 1.54) is 5.56 Å². The lowest BCUT2D eigenvalue weighted by Crippen LogP contribution is -2.37. The second kappa shape index (κ2) is 4.68. The van der Waals surface area contributed by atoms with Crippen LogP contribution in [0, 0.1) is 0 Å². The molecule has 2 rings (SSSR count). The summed E-state index contributed by atoms with van der Waals surface area (Å²) in [5.74, 6) is 0.796. The van der Waals surface area contributed by atoms with Gasteiger partial charge in [0.1, 0.15) is 6.04 Å². The number of benzene rings is 1. The molecule has 0 amide bonds. The lowest BCUT2D eigenvalue weighted by atomic mass is 10.2. The highest BCUT2D eigenvalue weighted by atomic mass is 32.2. The predicted octanol–water partition coefficient (Wildman–Crippen LogP) is 1.65. The van der Waals surface area contributed by atoms with Gasteiger partial charge in [0.2, 0.25) is 0 Å². The molecule has 0 aliphatic carbocycles. The van der Waals surface area contributed by atoms with Gasteiger partial charge in [0.15, 0.2) is 0 Å². The molecule has 1 saturated heterocycles. The lowest BCUT2D eigenvalue weighted by molar-refractivity contribution is -0.141. The molecule has 1 fully saturated rings. The average molecular weight is 223 g/mol. The van der Waals surface area contributed by atoms with Crippen LogP contribution in [0.3, 0.4) is 0 Å². The molecular weight excluding hydrogens is 210 g/mol. The van der Waals surface area contributed by atoms with Crippen LogP contribution >= 0.6 is 11.8 Å². The van der Waals surface area contributed by atoms with E-state index in [9.17, 15) is 4.79 Å². The van der Waals surface area contributed by atoms with Crippen LogP contribution in [0.4, 0.5) is 0 Å². The zero-order valence-electron chi connectivity index (χ0n) is 8.30. The van der Waals surface area contributed by atoms with Crippen LogP contribution in [0.1, 0.15) is 5.56 Å². The Balaban J connectivity index is 2.03. The molecule has 15 heavy (non-hydrogen) atoms. The zero-order valence-corrected chi connectivity index (χ0v) is 9.11. The van der Waals surface area contributed by atoms with Gasteiger partial charge in [-0.25, -0.2) is 0 Å². The van der Waals surface area contributed by atoms with Gasteiger partial charge in [-0.1, -0.05) is 30.3 Å². The van der Waals surface area contributed by atoms with Crippen molar-refractivity contribution in [2.75, 3.05) is 11.6 Å². The molecule has 0 spiro atoms. The summed E-state index contributed by atoms with van der Waals surface area (Å²) in [5.41, 5.74) is 1.17. The molecular formula is C11H13NO2S. The van der Waals surface area contributed by atoms with Crippen molar-refractivity contribution in [3.05, 3.63) is 35.9 Å². The normalized spacial score (nSPS) is 21.7. The van der Waals surface area contributed by atoms with E-state index in [0.29, 0.717) is 5.75 Å². The molecule has 1 heterocycles. The molecule has 1 aromatic rings. The van der Waals surface area contributed by atoms with Gasteiger partial charge >= 0.3 is 5.97 Å². The Kier molecular flexibility index (Phi) is 3.28. The summed E-state index contributed by atoms with van der Waals surface area (Å²) >= 11 is 1.68. The minimum atomic E-state index is -0.712. The van der Waals surface area contributed by atoms with Gasteiger partial charge in [-0.15, -0.1) is 11.8 Å². The number of rotatable bonds is 3. The number of carboxylic acid groups (broad SMARTS) is 1. The third-order valence-corrected chi connectivity index (χ3v) is 3.55. The molecule has 80 valence electrons. The summed E-state index contributed by atoms with van der Waals surface area (Å²) in [6.07, 6.45) is 0. The Labute approximate surface area is 93.1 Å². The van der Waals surface area contributed by atoms with Crippen molar-refractivity contribution in [2.45, 2.75) is 12.6 Å². The molecule has 0 saturated carbocycles. The molecule has 0 radical (unpaired) electrons. The average Bonchev–Trinajstić information content (AvgIpc) is 2.67.